The van der Waals surface area contributed by atoms with Crippen molar-refractivity contribution in [3.8, 4) is 11.1 Å². The predicted octanol–water partition coefficient (Wildman–Crippen LogP) is 10.4. The fraction of sp³-hybridized carbons (Fsp3) is 0.605. The van der Waals surface area contributed by atoms with E-state index >= 15 is 0 Å². The highest BCUT2D eigenvalue weighted by molar-refractivity contribution is 6.60. The van der Waals surface area contributed by atoms with Gasteiger partial charge < -0.3 is 18.0 Å². The first-order chi connectivity index (χ1) is 21.5. The number of rotatable bonds is 21. The number of hydrogen-bond acceptors (Lipinski definition) is 5. The zero-order chi connectivity index (χ0) is 31.5. The van der Waals surface area contributed by atoms with Crippen molar-refractivity contribution < 1.29 is 22.8 Å². The Morgan fingerprint density at radius 3 is 1.91 bits per heavy atom. The maximum Gasteiger partial charge on any atom is 0.500 e. The number of benzene rings is 2. The van der Waals surface area contributed by atoms with Gasteiger partial charge in [0.2, 0.25) is 0 Å². The Morgan fingerprint density at radius 2 is 1.32 bits per heavy atom. The number of carbonyl (C=O) groups is 1. The Labute approximate surface area is 269 Å². The Hall–Kier alpha value is -2.25. The van der Waals surface area contributed by atoms with Crippen LogP contribution in [0.1, 0.15) is 122 Å². The fourth-order valence-electron chi connectivity index (χ4n) is 6.39. The highest BCUT2D eigenvalue weighted by Crippen LogP contribution is 2.38. The van der Waals surface area contributed by atoms with Crippen LogP contribution < -0.4 is 0 Å². The molecule has 0 unspecified atom stereocenters. The second kappa shape index (κ2) is 20.7. The minimum Gasteiger partial charge on any atom is -0.463 e. The summed E-state index contributed by atoms with van der Waals surface area (Å²) in [7, 11) is -2.56. The molecular formula is C38H58O5Si. The molecule has 0 spiro atoms. The normalized spacial score (nSPS) is 17.3. The van der Waals surface area contributed by atoms with Gasteiger partial charge >= 0.3 is 14.8 Å². The monoisotopic (exact) mass is 622 g/mol. The van der Waals surface area contributed by atoms with Crippen LogP contribution in [0.5, 0.6) is 0 Å². The highest BCUT2D eigenvalue weighted by atomic mass is 28.4. The van der Waals surface area contributed by atoms with Gasteiger partial charge in [0.1, 0.15) is 0 Å². The van der Waals surface area contributed by atoms with Gasteiger partial charge in [0.05, 0.1) is 6.61 Å². The molecule has 2 aromatic rings. The van der Waals surface area contributed by atoms with Gasteiger partial charge in [-0.3, -0.25) is 0 Å². The molecular weight excluding hydrogens is 564 g/mol. The zero-order valence-electron chi connectivity index (χ0n) is 28.0. The molecule has 0 aliphatic heterocycles. The van der Waals surface area contributed by atoms with Crippen molar-refractivity contribution in [2.75, 3.05) is 26.4 Å². The second-order valence-electron chi connectivity index (χ2n) is 12.1. The third-order valence-corrected chi connectivity index (χ3v) is 12.0. The van der Waals surface area contributed by atoms with E-state index in [1.165, 1.54) is 74.1 Å². The van der Waals surface area contributed by atoms with Crippen molar-refractivity contribution in [2.24, 2.45) is 5.92 Å². The fourth-order valence-corrected chi connectivity index (χ4v) is 9.07. The summed E-state index contributed by atoms with van der Waals surface area (Å²) in [5, 5.41) is 0. The first-order valence-electron chi connectivity index (χ1n) is 17.5. The van der Waals surface area contributed by atoms with Gasteiger partial charge in [-0.1, -0.05) is 94.0 Å². The first-order valence-corrected chi connectivity index (χ1v) is 19.4. The van der Waals surface area contributed by atoms with Crippen molar-refractivity contribution in [3.63, 3.8) is 0 Å². The minimum absolute atomic E-state index is 0.296. The number of carbonyl (C=O) groups excluding carboxylic acids is 1. The molecule has 1 saturated carbocycles. The predicted molar refractivity (Wildman–Crippen MR) is 185 cm³/mol. The molecule has 1 fully saturated rings. The summed E-state index contributed by atoms with van der Waals surface area (Å²) >= 11 is 0. The molecule has 3 rings (SSSR count). The lowest BCUT2D eigenvalue weighted by Crippen LogP contribution is -2.45. The average molecular weight is 623 g/mol. The van der Waals surface area contributed by atoms with Crippen molar-refractivity contribution in [3.05, 3.63) is 65.7 Å². The summed E-state index contributed by atoms with van der Waals surface area (Å²) < 4.78 is 23.2. The van der Waals surface area contributed by atoms with Gasteiger partial charge in [-0.15, -0.1) is 0 Å². The lowest BCUT2D eigenvalue weighted by molar-refractivity contribution is -0.137. The third-order valence-electron chi connectivity index (χ3n) is 8.82. The summed E-state index contributed by atoms with van der Waals surface area (Å²) in [5.74, 6) is 1.37. The molecule has 1 aliphatic carbocycles. The number of ether oxygens (including phenoxy) is 1. The van der Waals surface area contributed by atoms with Gasteiger partial charge in [-0.2, -0.15) is 0 Å². The summed E-state index contributed by atoms with van der Waals surface area (Å²) in [4.78, 5) is 12.2. The number of hydrogen-bond donors (Lipinski definition) is 0. The lowest BCUT2D eigenvalue weighted by Gasteiger charge is -2.29. The molecule has 0 radical (unpaired) electrons. The molecule has 0 aromatic heterocycles. The van der Waals surface area contributed by atoms with Crippen LogP contribution in [0.2, 0.25) is 6.04 Å². The molecule has 5 nitrogen and oxygen atoms in total. The third kappa shape index (κ3) is 12.6. The van der Waals surface area contributed by atoms with Crippen LogP contribution in [0.4, 0.5) is 0 Å². The van der Waals surface area contributed by atoms with Crippen LogP contribution >= 0.6 is 0 Å². The molecule has 6 heteroatoms. The average Bonchev–Trinajstić information content (AvgIpc) is 3.04. The van der Waals surface area contributed by atoms with Crippen LogP contribution in [0.3, 0.4) is 0 Å². The molecule has 2 aromatic carbocycles. The van der Waals surface area contributed by atoms with Gasteiger partial charge in [0.15, 0.2) is 0 Å². The molecule has 244 valence electrons. The standard InChI is InChI=1S/C38H58O5Si/c1-5-9-12-15-32-16-21-34(22-17-32)36-25-27-37(28-26-36)35-23-18-33(19-24-35)20-29-38(39)40-30-13-10-11-14-31-44(41-6-2,42-7-3)43-8-4/h18-20,23-29,32,34H,5-17,21-22,30-31H2,1-4H3/b29-20+. The van der Waals surface area contributed by atoms with E-state index in [0.717, 1.165) is 43.2 Å². The lowest BCUT2D eigenvalue weighted by atomic mass is 9.77. The molecule has 0 atom stereocenters. The topological polar surface area (TPSA) is 54.0 Å². The second-order valence-corrected chi connectivity index (χ2v) is 14.8. The van der Waals surface area contributed by atoms with E-state index in [4.69, 9.17) is 18.0 Å². The Kier molecular flexibility index (Phi) is 17.1. The van der Waals surface area contributed by atoms with E-state index in [1.54, 1.807) is 0 Å². The highest BCUT2D eigenvalue weighted by Gasteiger charge is 2.39. The largest absolute Gasteiger partial charge is 0.500 e. The molecule has 1 aliphatic rings. The Bertz CT molecular complexity index is 1060. The smallest absolute Gasteiger partial charge is 0.463 e. The Morgan fingerprint density at radius 1 is 0.727 bits per heavy atom. The maximum absolute atomic E-state index is 12.2. The minimum atomic E-state index is -2.56. The van der Waals surface area contributed by atoms with Crippen LogP contribution in [0.15, 0.2) is 54.6 Å². The quantitative estimate of drug-likeness (QED) is 0.0600. The summed E-state index contributed by atoms with van der Waals surface area (Å²) in [6, 6.07) is 18.4. The van der Waals surface area contributed by atoms with Crippen molar-refractivity contribution in [1.82, 2.24) is 0 Å². The summed E-state index contributed by atoms with van der Waals surface area (Å²) in [5.41, 5.74) is 4.91. The van der Waals surface area contributed by atoms with Gasteiger partial charge in [0, 0.05) is 31.9 Å². The first kappa shape index (κ1) is 36.2. The molecule has 0 amide bonds. The van der Waals surface area contributed by atoms with Crippen molar-refractivity contribution >= 4 is 20.8 Å². The van der Waals surface area contributed by atoms with E-state index in [0.29, 0.717) is 32.3 Å². The van der Waals surface area contributed by atoms with Crippen molar-refractivity contribution in [1.29, 1.82) is 0 Å². The SMILES string of the molecule is CCCCCC1CCC(c2ccc(-c3ccc(/C=C/C(=O)OCCCCCC[Si](OCC)(OCC)OCC)cc3)cc2)CC1. The van der Waals surface area contributed by atoms with Crippen molar-refractivity contribution in [2.45, 2.75) is 117 Å². The Balaban J connectivity index is 1.34. The number of unbranched alkanes of at least 4 members (excludes halogenated alkanes) is 5. The number of esters is 1. The van der Waals surface area contributed by atoms with Gasteiger partial charge in [-0.05, 0) is 99.5 Å². The molecule has 0 saturated heterocycles. The van der Waals surface area contributed by atoms with Crippen LogP contribution in [-0.2, 0) is 22.8 Å². The van der Waals surface area contributed by atoms with E-state index in [2.05, 4.69) is 55.5 Å². The summed E-state index contributed by atoms with van der Waals surface area (Å²) in [6.45, 7) is 10.5. The molecule has 0 bridgehead atoms. The molecule has 0 N–H and O–H groups in total. The molecule has 0 heterocycles. The van der Waals surface area contributed by atoms with Gasteiger partial charge in [-0.25, -0.2) is 4.79 Å². The van der Waals surface area contributed by atoms with E-state index in [1.807, 2.05) is 26.8 Å². The van der Waals surface area contributed by atoms with Crippen LogP contribution in [0.25, 0.3) is 17.2 Å². The van der Waals surface area contributed by atoms with E-state index < -0.39 is 8.80 Å². The van der Waals surface area contributed by atoms with Crippen LogP contribution in [-0.4, -0.2) is 41.2 Å². The maximum atomic E-state index is 12.2. The van der Waals surface area contributed by atoms with E-state index in [9.17, 15) is 4.79 Å². The van der Waals surface area contributed by atoms with Crippen LogP contribution in [0, 0.1) is 5.92 Å². The van der Waals surface area contributed by atoms with E-state index in [-0.39, 0.29) is 5.97 Å². The molecule has 44 heavy (non-hydrogen) atoms. The summed E-state index contributed by atoms with van der Waals surface area (Å²) in [6.07, 6.45) is 18.2. The van der Waals surface area contributed by atoms with Gasteiger partial charge in [0.25, 0.3) is 0 Å². The zero-order valence-corrected chi connectivity index (χ0v) is 29.0.